The second-order valence-corrected chi connectivity index (χ2v) is 2.24. The predicted molar refractivity (Wildman–Crippen MR) is 53.0 cm³/mol. The summed E-state index contributed by atoms with van der Waals surface area (Å²) in [4.78, 5) is 0. The van der Waals surface area contributed by atoms with E-state index in [9.17, 15) is 0 Å². The van der Waals surface area contributed by atoms with Crippen LogP contribution in [0.1, 0.15) is 11.7 Å². The molecule has 1 aromatic rings. The number of benzene rings is 1. The van der Waals surface area contributed by atoms with Crippen LogP contribution in [0.25, 0.3) is 0 Å². The first-order chi connectivity index (χ1) is 6.24. The molecule has 0 fully saturated rings. The van der Waals surface area contributed by atoms with Crippen molar-refractivity contribution in [3.63, 3.8) is 0 Å². The van der Waals surface area contributed by atoms with Crippen LogP contribution in [0.4, 0.5) is 5.69 Å². The van der Waals surface area contributed by atoms with Crippen molar-refractivity contribution in [3.8, 4) is 0 Å². The number of nitrogen functional groups attached to an aromatic ring is 1. The summed E-state index contributed by atoms with van der Waals surface area (Å²) in [6.45, 7) is 0. The summed E-state index contributed by atoms with van der Waals surface area (Å²) in [5.74, 6) is 0. The van der Waals surface area contributed by atoms with Gasteiger partial charge in [0.15, 0.2) is 0 Å². The lowest BCUT2D eigenvalue weighted by Crippen LogP contribution is -2.05. The van der Waals surface area contributed by atoms with Crippen LogP contribution in [-0.4, -0.2) is 7.05 Å². The third-order valence-corrected chi connectivity index (χ3v) is 1.42. The van der Waals surface area contributed by atoms with Crippen molar-refractivity contribution in [2.75, 3.05) is 12.8 Å². The van der Waals surface area contributed by atoms with Crippen molar-refractivity contribution < 1.29 is 0 Å². The lowest BCUT2D eigenvalue weighted by Gasteiger charge is -2.03. The maximum atomic E-state index is 6.67. The van der Waals surface area contributed by atoms with Gasteiger partial charge in [-0.1, -0.05) is 12.1 Å². The van der Waals surface area contributed by atoms with Gasteiger partial charge in [-0.2, -0.15) is 5.11 Å². The van der Waals surface area contributed by atoms with E-state index in [1.54, 1.807) is 24.3 Å². The summed E-state index contributed by atoms with van der Waals surface area (Å²) in [7, 11) is 1.50. The van der Waals surface area contributed by atoms with E-state index in [-0.39, 0.29) is 0 Å². The van der Waals surface area contributed by atoms with Crippen molar-refractivity contribution in [1.82, 2.24) is 0 Å². The quantitative estimate of drug-likeness (QED) is 0.400. The number of nitrogens with zero attached hydrogens (tertiary/aromatic N) is 1. The molecular formula is C8H15N5. The second-order valence-electron chi connectivity index (χ2n) is 2.24. The van der Waals surface area contributed by atoms with Gasteiger partial charge in [0.05, 0.1) is 0 Å². The van der Waals surface area contributed by atoms with Gasteiger partial charge < -0.3 is 17.2 Å². The first-order valence-corrected chi connectivity index (χ1v) is 3.79. The summed E-state index contributed by atoms with van der Waals surface area (Å²) in [5.41, 5.74) is 23.6. The Morgan fingerprint density at radius 1 is 1.23 bits per heavy atom. The van der Waals surface area contributed by atoms with E-state index in [2.05, 4.69) is 10.8 Å². The Morgan fingerprint density at radius 2 is 1.69 bits per heavy atom. The number of anilines is 1. The van der Waals surface area contributed by atoms with E-state index in [4.69, 9.17) is 17.0 Å². The highest BCUT2D eigenvalue weighted by atomic mass is 15.1. The molecule has 0 saturated heterocycles. The van der Waals surface area contributed by atoms with E-state index in [1.807, 2.05) is 0 Å². The van der Waals surface area contributed by atoms with E-state index in [1.165, 1.54) is 7.05 Å². The van der Waals surface area contributed by atoms with Crippen molar-refractivity contribution in [1.29, 1.82) is 5.53 Å². The molecule has 1 rings (SSSR count). The molecule has 0 aliphatic rings. The number of nitrogens with one attached hydrogen (secondary N) is 1. The fraction of sp³-hybridized carbons (Fsp3) is 0.250. The molecule has 0 aromatic heterocycles. The standard InChI is InChI=1S/C7H10N4.CH5N/c8-6-3-1-5(2-4-6)7(9)11-10;1-2/h1-4,7,10H,8-9H2;2H2,1H3. The zero-order chi connectivity index (χ0) is 10.3. The topological polar surface area (TPSA) is 114 Å². The van der Waals surface area contributed by atoms with Crippen molar-refractivity contribution in [2.45, 2.75) is 6.17 Å². The summed E-state index contributed by atoms with van der Waals surface area (Å²) in [6, 6.07) is 7.00. The average Bonchev–Trinajstić information content (AvgIpc) is 2.21. The van der Waals surface area contributed by atoms with Gasteiger partial charge in [0.2, 0.25) is 0 Å². The Kier molecular flexibility index (Phi) is 5.42. The molecule has 0 amide bonds. The molecule has 5 heteroatoms. The minimum Gasteiger partial charge on any atom is -0.399 e. The van der Waals surface area contributed by atoms with Crippen LogP contribution >= 0.6 is 0 Å². The molecule has 13 heavy (non-hydrogen) atoms. The van der Waals surface area contributed by atoms with Gasteiger partial charge in [-0.3, -0.25) is 0 Å². The van der Waals surface area contributed by atoms with Gasteiger partial charge in [0, 0.05) is 5.69 Å². The maximum Gasteiger partial charge on any atom is 0.143 e. The smallest absolute Gasteiger partial charge is 0.143 e. The number of nitrogens with two attached hydrogens (primary N) is 3. The second kappa shape index (κ2) is 6.10. The maximum absolute atomic E-state index is 6.67. The molecule has 0 aliphatic heterocycles. The lowest BCUT2D eigenvalue weighted by molar-refractivity contribution is 0.700. The van der Waals surface area contributed by atoms with Gasteiger partial charge in [-0.15, -0.1) is 0 Å². The van der Waals surface area contributed by atoms with Gasteiger partial charge >= 0.3 is 0 Å². The van der Waals surface area contributed by atoms with Crippen LogP contribution in [-0.2, 0) is 0 Å². The minimum atomic E-state index is -0.560. The summed E-state index contributed by atoms with van der Waals surface area (Å²) in [6.07, 6.45) is -0.560. The van der Waals surface area contributed by atoms with Crippen molar-refractivity contribution >= 4 is 5.69 Å². The molecule has 0 spiro atoms. The molecule has 0 radical (unpaired) electrons. The van der Waals surface area contributed by atoms with Gasteiger partial charge in [0.1, 0.15) is 6.17 Å². The number of hydrogen-bond donors (Lipinski definition) is 4. The van der Waals surface area contributed by atoms with Crippen LogP contribution in [0.15, 0.2) is 29.4 Å². The number of hydrogen-bond acceptors (Lipinski definition) is 5. The molecule has 7 N–H and O–H groups in total. The fourth-order valence-corrected chi connectivity index (χ4v) is 0.768. The molecular weight excluding hydrogens is 166 g/mol. The van der Waals surface area contributed by atoms with E-state index >= 15 is 0 Å². The Balaban J connectivity index is 0.000000671. The average molecular weight is 181 g/mol. The molecule has 5 nitrogen and oxygen atoms in total. The van der Waals surface area contributed by atoms with Crippen molar-refractivity contribution in [3.05, 3.63) is 29.8 Å². The summed E-state index contributed by atoms with van der Waals surface area (Å²) in [5, 5.41) is 3.18. The van der Waals surface area contributed by atoms with Gasteiger partial charge in [-0.25, -0.2) is 5.53 Å². The van der Waals surface area contributed by atoms with Crippen molar-refractivity contribution in [2.24, 2.45) is 16.6 Å². The number of rotatable bonds is 2. The summed E-state index contributed by atoms with van der Waals surface area (Å²) >= 11 is 0. The van der Waals surface area contributed by atoms with E-state index in [0.717, 1.165) is 5.56 Å². The SMILES string of the molecule is CN.N=NC(N)c1ccc(N)cc1. The van der Waals surface area contributed by atoms with Crippen LogP contribution in [0, 0.1) is 5.53 Å². The highest BCUT2D eigenvalue weighted by Gasteiger charge is 2.00. The Hall–Kier alpha value is -1.46. The highest BCUT2D eigenvalue weighted by Crippen LogP contribution is 2.12. The largest absolute Gasteiger partial charge is 0.399 e. The van der Waals surface area contributed by atoms with Gasteiger partial charge in [0.25, 0.3) is 0 Å². The molecule has 0 bridgehead atoms. The zero-order valence-electron chi connectivity index (χ0n) is 7.57. The highest BCUT2D eigenvalue weighted by molar-refractivity contribution is 5.39. The molecule has 1 unspecified atom stereocenters. The Labute approximate surface area is 77.4 Å². The third-order valence-electron chi connectivity index (χ3n) is 1.42. The third kappa shape index (κ3) is 3.64. The molecule has 1 atom stereocenters. The molecule has 0 aliphatic carbocycles. The summed E-state index contributed by atoms with van der Waals surface area (Å²) < 4.78 is 0. The van der Waals surface area contributed by atoms with E-state index in [0.29, 0.717) is 5.69 Å². The molecule has 0 saturated carbocycles. The zero-order valence-corrected chi connectivity index (χ0v) is 7.57. The normalized spacial score (nSPS) is 11.0. The van der Waals surface area contributed by atoms with Crippen LogP contribution < -0.4 is 17.2 Å². The first-order valence-electron chi connectivity index (χ1n) is 3.79. The van der Waals surface area contributed by atoms with E-state index < -0.39 is 6.17 Å². The minimum absolute atomic E-state index is 0.560. The van der Waals surface area contributed by atoms with Crippen LogP contribution in [0.5, 0.6) is 0 Å². The fourth-order valence-electron chi connectivity index (χ4n) is 0.768. The Morgan fingerprint density at radius 3 is 2.08 bits per heavy atom. The van der Waals surface area contributed by atoms with Crippen LogP contribution in [0.2, 0.25) is 0 Å². The molecule has 0 heterocycles. The Bertz CT molecular complexity index is 243. The van der Waals surface area contributed by atoms with Gasteiger partial charge in [-0.05, 0) is 24.7 Å². The van der Waals surface area contributed by atoms with Crippen LogP contribution in [0.3, 0.4) is 0 Å². The predicted octanol–water partition coefficient (Wildman–Crippen LogP) is 0.832. The first kappa shape index (κ1) is 11.5. The molecule has 72 valence electrons. The lowest BCUT2D eigenvalue weighted by atomic mass is 10.2. The monoisotopic (exact) mass is 181 g/mol. The molecule has 1 aromatic carbocycles.